The summed E-state index contributed by atoms with van der Waals surface area (Å²) in [4.78, 5) is 21.1. The van der Waals surface area contributed by atoms with E-state index in [-0.39, 0.29) is 6.54 Å². The molecule has 0 radical (unpaired) electrons. The largest absolute Gasteiger partial charge is 0.480 e. The van der Waals surface area contributed by atoms with Gasteiger partial charge in [-0.05, 0) is 25.3 Å². The highest BCUT2D eigenvalue weighted by atomic mass is 16.4. The monoisotopic (exact) mass is 236 g/mol. The molecule has 0 spiro atoms. The molecule has 0 unspecified atom stereocenters. The molecule has 0 atom stereocenters. The van der Waals surface area contributed by atoms with E-state index in [9.17, 15) is 4.79 Å². The highest BCUT2D eigenvalue weighted by molar-refractivity contribution is 5.72. The Morgan fingerprint density at radius 3 is 2.88 bits per heavy atom. The van der Waals surface area contributed by atoms with Crippen molar-refractivity contribution >= 4 is 17.7 Å². The minimum Gasteiger partial charge on any atom is -0.480 e. The van der Waals surface area contributed by atoms with Gasteiger partial charge in [-0.3, -0.25) is 4.79 Å². The zero-order chi connectivity index (χ0) is 12.1. The zero-order valence-corrected chi connectivity index (χ0v) is 9.59. The lowest BCUT2D eigenvalue weighted by Gasteiger charge is -2.26. The lowest BCUT2D eigenvalue weighted by Crippen LogP contribution is -2.31. The maximum atomic E-state index is 10.4. The van der Waals surface area contributed by atoms with E-state index in [2.05, 4.69) is 20.2 Å². The summed E-state index contributed by atoms with van der Waals surface area (Å²) in [6.45, 7) is 1.82. The Morgan fingerprint density at radius 2 is 2.18 bits per heavy atom. The normalized spacial score (nSPS) is 15.6. The van der Waals surface area contributed by atoms with Crippen molar-refractivity contribution in [3.05, 3.63) is 12.3 Å². The van der Waals surface area contributed by atoms with Crippen LogP contribution in [0.2, 0.25) is 0 Å². The van der Waals surface area contributed by atoms with E-state index in [1.807, 2.05) is 0 Å². The summed E-state index contributed by atoms with van der Waals surface area (Å²) in [7, 11) is 0. The molecule has 0 bridgehead atoms. The van der Waals surface area contributed by atoms with Crippen molar-refractivity contribution < 1.29 is 9.90 Å². The molecular weight excluding hydrogens is 220 g/mol. The molecule has 6 nitrogen and oxygen atoms in total. The minimum absolute atomic E-state index is 0.129. The van der Waals surface area contributed by atoms with Crippen LogP contribution in [0.4, 0.5) is 11.8 Å². The van der Waals surface area contributed by atoms with Gasteiger partial charge in [-0.1, -0.05) is 0 Å². The van der Waals surface area contributed by atoms with Crippen molar-refractivity contribution in [1.82, 2.24) is 9.97 Å². The fourth-order valence-corrected chi connectivity index (χ4v) is 1.86. The molecule has 0 aromatic carbocycles. The Balaban J connectivity index is 2.02. The predicted molar refractivity (Wildman–Crippen MR) is 64.2 cm³/mol. The van der Waals surface area contributed by atoms with Gasteiger partial charge in [0.25, 0.3) is 0 Å². The molecule has 2 N–H and O–H groups in total. The first-order valence-electron chi connectivity index (χ1n) is 5.79. The second kappa shape index (κ2) is 5.47. The first-order chi connectivity index (χ1) is 8.25. The molecule has 1 saturated heterocycles. The minimum atomic E-state index is -0.900. The second-order valence-electron chi connectivity index (χ2n) is 4.04. The fourth-order valence-electron chi connectivity index (χ4n) is 1.86. The third kappa shape index (κ3) is 3.30. The third-order valence-corrected chi connectivity index (χ3v) is 2.70. The van der Waals surface area contributed by atoms with Crippen LogP contribution in [0.5, 0.6) is 0 Å². The van der Waals surface area contributed by atoms with Crippen LogP contribution in [0, 0.1) is 0 Å². The van der Waals surface area contributed by atoms with Crippen LogP contribution in [0.15, 0.2) is 12.3 Å². The molecule has 2 heterocycles. The topological polar surface area (TPSA) is 78.3 Å². The first-order valence-corrected chi connectivity index (χ1v) is 5.79. The Kier molecular flexibility index (Phi) is 3.74. The van der Waals surface area contributed by atoms with E-state index in [1.54, 1.807) is 12.3 Å². The van der Waals surface area contributed by atoms with Crippen molar-refractivity contribution in [2.75, 3.05) is 29.9 Å². The molecule has 0 saturated carbocycles. The Morgan fingerprint density at radius 1 is 1.41 bits per heavy atom. The standard InChI is InChI=1S/C11H16N4O2/c16-10(17)8-13-9-4-5-12-11(14-9)15-6-2-1-3-7-15/h4-5H,1-3,6-8H2,(H,16,17)(H,12,13,14). The summed E-state index contributed by atoms with van der Waals surface area (Å²) >= 11 is 0. The summed E-state index contributed by atoms with van der Waals surface area (Å²) < 4.78 is 0. The molecule has 0 aliphatic carbocycles. The van der Waals surface area contributed by atoms with E-state index in [1.165, 1.54) is 6.42 Å². The van der Waals surface area contributed by atoms with Crippen molar-refractivity contribution in [3.63, 3.8) is 0 Å². The Hall–Kier alpha value is -1.85. The highest BCUT2D eigenvalue weighted by Crippen LogP contribution is 2.16. The number of hydrogen-bond donors (Lipinski definition) is 2. The van der Waals surface area contributed by atoms with Crippen LogP contribution in [-0.2, 0) is 4.79 Å². The van der Waals surface area contributed by atoms with Gasteiger partial charge in [-0.2, -0.15) is 4.98 Å². The molecular formula is C11H16N4O2. The molecule has 0 amide bonds. The van der Waals surface area contributed by atoms with Crippen LogP contribution in [0.25, 0.3) is 0 Å². The number of piperidine rings is 1. The third-order valence-electron chi connectivity index (χ3n) is 2.70. The number of carboxylic acid groups (broad SMARTS) is 1. The number of hydrogen-bond acceptors (Lipinski definition) is 5. The zero-order valence-electron chi connectivity index (χ0n) is 9.59. The quantitative estimate of drug-likeness (QED) is 0.810. The number of aromatic nitrogens is 2. The van der Waals surface area contributed by atoms with Gasteiger partial charge in [0.2, 0.25) is 5.95 Å². The molecule has 1 aromatic rings. The molecule has 92 valence electrons. The SMILES string of the molecule is O=C(O)CNc1ccnc(N2CCCCC2)n1. The van der Waals surface area contributed by atoms with Crippen molar-refractivity contribution in [2.45, 2.75) is 19.3 Å². The molecule has 1 aliphatic rings. The number of rotatable bonds is 4. The fraction of sp³-hybridized carbons (Fsp3) is 0.545. The molecule has 1 aromatic heterocycles. The predicted octanol–water partition coefficient (Wildman–Crippen LogP) is 0.963. The lowest BCUT2D eigenvalue weighted by atomic mass is 10.1. The Labute approximate surface area is 99.7 Å². The summed E-state index contributed by atoms with van der Waals surface area (Å²) in [6.07, 6.45) is 5.24. The summed E-state index contributed by atoms with van der Waals surface area (Å²) in [5.41, 5.74) is 0. The number of nitrogens with zero attached hydrogens (tertiary/aromatic N) is 3. The molecule has 1 fully saturated rings. The van der Waals surface area contributed by atoms with Crippen LogP contribution in [0.3, 0.4) is 0 Å². The van der Waals surface area contributed by atoms with E-state index in [0.717, 1.165) is 25.9 Å². The van der Waals surface area contributed by atoms with E-state index < -0.39 is 5.97 Å². The van der Waals surface area contributed by atoms with E-state index in [4.69, 9.17) is 5.11 Å². The van der Waals surface area contributed by atoms with Crippen LogP contribution in [0.1, 0.15) is 19.3 Å². The number of carbonyl (C=O) groups is 1. The number of nitrogens with one attached hydrogen (secondary N) is 1. The van der Waals surface area contributed by atoms with Gasteiger partial charge < -0.3 is 15.3 Å². The van der Waals surface area contributed by atoms with Crippen LogP contribution in [-0.4, -0.2) is 40.7 Å². The molecule has 2 rings (SSSR count). The molecule has 1 aliphatic heterocycles. The lowest BCUT2D eigenvalue weighted by molar-refractivity contribution is -0.134. The maximum absolute atomic E-state index is 10.4. The number of anilines is 2. The van der Waals surface area contributed by atoms with E-state index in [0.29, 0.717) is 11.8 Å². The van der Waals surface area contributed by atoms with Crippen molar-refractivity contribution in [2.24, 2.45) is 0 Å². The van der Waals surface area contributed by atoms with Crippen molar-refractivity contribution in [1.29, 1.82) is 0 Å². The van der Waals surface area contributed by atoms with Gasteiger partial charge in [-0.25, -0.2) is 4.98 Å². The van der Waals surface area contributed by atoms with E-state index >= 15 is 0 Å². The first kappa shape index (κ1) is 11.6. The Bertz CT molecular complexity index is 391. The smallest absolute Gasteiger partial charge is 0.322 e. The van der Waals surface area contributed by atoms with Gasteiger partial charge in [-0.15, -0.1) is 0 Å². The summed E-state index contributed by atoms with van der Waals surface area (Å²) in [5.74, 6) is 0.339. The van der Waals surface area contributed by atoms with Gasteiger partial charge in [0.05, 0.1) is 0 Å². The molecule has 17 heavy (non-hydrogen) atoms. The van der Waals surface area contributed by atoms with Crippen molar-refractivity contribution in [3.8, 4) is 0 Å². The average Bonchev–Trinajstić information content (AvgIpc) is 2.38. The summed E-state index contributed by atoms with van der Waals surface area (Å²) in [6, 6.07) is 1.68. The molecule has 6 heteroatoms. The van der Waals surface area contributed by atoms with Gasteiger partial charge in [0.1, 0.15) is 12.4 Å². The van der Waals surface area contributed by atoms with Gasteiger partial charge >= 0.3 is 5.97 Å². The highest BCUT2D eigenvalue weighted by Gasteiger charge is 2.13. The second-order valence-corrected chi connectivity index (χ2v) is 4.04. The van der Waals surface area contributed by atoms with Gasteiger partial charge in [0.15, 0.2) is 0 Å². The average molecular weight is 236 g/mol. The number of aliphatic carboxylic acids is 1. The van der Waals surface area contributed by atoms with Crippen LogP contribution < -0.4 is 10.2 Å². The number of carboxylic acids is 1. The van der Waals surface area contributed by atoms with Crippen LogP contribution >= 0.6 is 0 Å². The maximum Gasteiger partial charge on any atom is 0.322 e. The summed E-state index contributed by atoms with van der Waals surface area (Å²) in [5, 5.41) is 11.3. The van der Waals surface area contributed by atoms with Gasteiger partial charge in [0, 0.05) is 19.3 Å².